The van der Waals surface area contributed by atoms with Crippen LogP contribution in [0.2, 0.25) is 18.1 Å². The Hall–Kier alpha value is -1.93. The first-order valence-electron chi connectivity index (χ1n) is 17.2. The van der Waals surface area contributed by atoms with E-state index in [0.717, 1.165) is 36.0 Å². The molecule has 3 fully saturated rings. The lowest BCUT2D eigenvalue weighted by atomic mass is 9.61. The van der Waals surface area contributed by atoms with E-state index in [1.54, 1.807) is 5.57 Å². The van der Waals surface area contributed by atoms with Crippen molar-refractivity contribution in [3.05, 3.63) is 96.1 Å². The van der Waals surface area contributed by atoms with E-state index in [0.29, 0.717) is 23.9 Å². The third kappa shape index (κ3) is 6.77. The molecule has 0 N–H and O–H groups in total. The van der Waals surface area contributed by atoms with Crippen LogP contribution >= 0.6 is 7.14 Å². The third-order valence-corrected chi connectivity index (χ3v) is 19.9. The highest BCUT2D eigenvalue weighted by Gasteiger charge is 2.51. The predicted octanol–water partition coefficient (Wildman–Crippen LogP) is 10.8. The fraction of sp³-hybridized carbons (Fsp3) is 0.550. The minimum absolute atomic E-state index is 0.228. The smallest absolute Gasteiger partial charge is 0.192 e. The van der Waals surface area contributed by atoms with E-state index in [9.17, 15) is 4.57 Å². The minimum Gasteiger partial charge on any atom is -0.414 e. The Labute approximate surface area is 270 Å². The highest BCUT2D eigenvalue weighted by Crippen LogP contribution is 2.61. The van der Waals surface area contributed by atoms with Crippen LogP contribution in [0.1, 0.15) is 86.0 Å². The van der Waals surface area contributed by atoms with Crippen LogP contribution in [0.25, 0.3) is 0 Å². The maximum absolute atomic E-state index is 15.0. The third-order valence-electron chi connectivity index (χ3n) is 12.1. The van der Waals surface area contributed by atoms with Crippen LogP contribution in [0, 0.1) is 23.2 Å². The van der Waals surface area contributed by atoms with Crippen molar-refractivity contribution in [2.75, 3.05) is 6.16 Å². The molecular weight excluding hydrogens is 571 g/mol. The van der Waals surface area contributed by atoms with Gasteiger partial charge in [0.1, 0.15) is 7.14 Å². The summed E-state index contributed by atoms with van der Waals surface area (Å²) in [5.41, 5.74) is 4.59. The fourth-order valence-corrected chi connectivity index (χ4v) is 13.0. The van der Waals surface area contributed by atoms with Gasteiger partial charge in [-0.2, -0.15) is 0 Å². The molecule has 2 aromatic carbocycles. The van der Waals surface area contributed by atoms with Gasteiger partial charge in [0.2, 0.25) is 0 Å². The first-order valence-corrected chi connectivity index (χ1v) is 22.0. The molecule has 5 atom stereocenters. The SMILES string of the molecule is C=C1CC[C@H](O[Si](C)(C)C(C)(C)C)C/C1=C\C=C1/CCC[C@@]2(C)C1CC[C@@H]2[C@H](C)CP(=O)(c1ccccc1)c1ccccc1. The summed E-state index contributed by atoms with van der Waals surface area (Å²) in [7, 11) is -4.54. The highest BCUT2D eigenvalue weighted by atomic mass is 31.2. The zero-order chi connectivity index (χ0) is 31.8. The Morgan fingerprint density at radius 1 is 0.977 bits per heavy atom. The Morgan fingerprint density at radius 3 is 2.18 bits per heavy atom. The number of hydrogen-bond acceptors (Lipinski definition) is 2. The zero-order valence-electron chi connectivity index (χ0n) is 28.6. The highest BCUT2D eigenvalue weighted by molar-refractivity contribution is 7.78. The first-order chi connectivity index (χ1) is 20.7. The van der Waals surface area contributed by atoms with Gasteiger partial charge in [-0.25, -0.2) is 0 Å². The summed E-state index contributed by atoms with van der Waals surface area (Å²) in [5, 5.41) is 2.22. The van der Waals surface area contributed by atoms with Crippen LogP contribution in [0.3, 0.4) is 0 Å². The van der Waals surface area contributed by atoms with E-state index in [1.807, 2.05) is 36.4 Å². The summed E-state index contributed by atoms with van der Waals surface area (Å²) < 4.78 is 21.8. The Bertz CT molecular complexity index is 1370. The van der Waals surface area contributed by atoms with E-state index in [4.69, 9.17) is 4.43 Å². The summed E-state index contributed by atoms with van der Waals surface area (Å²) in [6.07, 6.45) is 15.3. The van der Waals surface area contributed by atoms with Gasteiger partial charge in [-0.15, -0.1) is 0 Å². The van der Waals surface area contributed by atoms with Gasteiger partial charge >= 0.3 is 0 Å². The van der Waals surface area contributed by atoms with Crippen molar-refractivity contribution in [2.45, 2.75) is 110 Å². The van der Waals surface area contributed by atoms with E-state index < -0.39 is 15.5 Å². The molecule has 1 unspecified atom stereocenters. The molecule has 4 heteroatoms. The molecule has 5 rings (SSSR count). The van der Waals surface area contributed by atoms with Crippen LogP contribution in [-0.4, -0.2) is 20.6 Å². The Kier molecular flexibility index (Phi) is 9.92. The van der Waals surface area contributed by atoms with Crippen molar-refractivity contribution in [1.82, 2.24) is 0 Å². The number of benzene rings is 2. The topological polar surface area (TPSA) is 26.3 Å². The van der Waals surface area contributed by atoms with Gasteiger partial charge < -0.3 is 8.99 Å². The molecule has 44 heavy (non-hydrogen) atoms. The molecule has 0 amide bonds. The molecule has 0 radical (unpaired) electrons. The molecule has 0 saturated heterocycles. The van der Waals surface area contributed by atoms with Gasteiger partial charge in [0.05, 0.1) is 0 Å². The first kappa shape index (κ1) is 33.4. The van der Waals surface area contributed by atoms with Gasteiger partial charge in [0.25, 0.3) is 0 Å². The van der Waals surface area contributed by atoms with Gasteiger partial charge in [-0.3, -0.25) is 0 Å². The lowest BCUT2D eigenvalue weighted by Gasteiger charge is -2.45. The number of fused-ring (bicyclic) bond motifs is 1. The van der Waals surface area contributed by atoms with Gasteiger partial charge in [0.15, 0.2) is 8.32 Å². The molecule has 3 aliphatic carbocycles. The summed E-state index contributed by atoms with van der Waals surface area (Å²) >= 11 is 0. The molecule has 2 aromatic rings. The second-order valence-corrected chi connectivity index (χ2v) is 23.6. The molecule has 2 nitrogen and oxygen atoms in total. The van der Waals surface area contributed by atoms with E-state index in [1.165, 1.54) is 43.3 Å². The van der Waals surface area contributed by atoms with Crippen molar-refractivity contribution >= 4 is 26.1 Å². The number of rotatable bonds is 8. The average Bonchev–Trinajstić information content (AvgIpc) is 3.35. The summed E-state index contributed by atoms with van der Waals surface area (Å²) in [4.78, 5) is 0. The maximum atomic E-state index is 15.0. The van der Waals surface area contributed by atoms with E-state index in [2.05, 4.69) is 90.7 Å². The molecule has 0 bridgehead atoms. The van der Waals surface area contributed by atoms with E-state index in [-0.39, 0.29) is 10.5 Å². The normalized spacial score (nSPS) is 29.2. The van der Waals surface area contributed by atoms with Crippen LogP contribution in [-0.2, 0) is 8.99 Å². The van der Waals surface area contributed by atoms with Crippen LogP contribution in [0.5, 0.6) is 0 Å². The molecule has 3 aliphatic rings. The monoisotopic (exact) mass is 628 g/mol. The Morgan fingerprint density at radius 2 is 1.59 bits per heavy atom. The van der Waals surface area contributed by atoms with Crippen LogP contribution in [0.15, 0.2) is 96.1 Å². The summed E-state index contributed by atoms with van der Waals surface area (Å²) in [6, 6.07) is 20.5. The molecule has 0 aliphatic heterocycles. The largest absolute Gasteiger partial charge is 0.414 e. The van der Waals surface area contributed by atoms with Crippen molar-refractivity contribution in [1.29, 1.82) is 0 Å². The molecule has 0 aromatic heterocycles. The zero-order valence-corrected chi connectivity index (χ0v) is 30.5. The average molecular weight is 629 g/mol. The van der Waals surface area contributed by atoms with E-state index >= 15 is 0 Å². The lowest BCUT2D eigenvalue weighted by molar-refractivity contribution is 0.105. The van der Waals surface area contributed by atoms with Crippen LogP contribution in [0.4, 0.5) is 0 Å². The fourth-order valence-electron chi connectivity index (χ4n) is 8.52. The standard InChI is InChI=1S/C40H57O2PSi/c1-30-21-24-34(42-44(7,8)39(3,4)5)28-33(30)23-22-32-16-15-27-40(6)37(25-26-38(32)40)31(2)29-43(41,35-17-11-9-12-18-35)36-19-13-10-14-20-36/h9-14,17-20,22-23,31,34,37-38H,1,15-16,21,24-29H2,2-8H3/b32-22+,33-23+/t31-,34+,37-,38?,40-/m1/s1. The van der Waals surface area contributed by atoms with Crippen LogP contribution < -0.4 is 10.6 Å². The quantitative estimate of drug-likeness (QED) is 0.215. The van der Waals surface area contributed by atoms with Gasteiger partial charge in [-0.1, -0.05) is 125 Å². The molecular formula is C40H57O2PSi. The van der Waals surface area contributed by atoms with Crippen molar-refractivity contribution < 1.29 is 8.99 Å². The molecule has 3 saturated carbocycles. The van der Waals surface area contributed by atoms with Crippen molar-refractivity contribution in [3.8, 4) is 0 Å². The summed E-state index contributed by atoms with van der Waals surface area (Å²) in [6.45, 7) is 21.2. The molecule has 0 heterocycles. The van der Waals surface area contributed by atoms with Crippen molar-refractivity contribution in [2.24, 2.45) is 23.2 Å². The molecule has 0 spiro atoms. The lowest BCUT2D eigenvalue weighted by Crippen LogP contribution is -2.44. The summed E-state index contributed by atoms with van der Waals surface area (Å²) in [5.74, 6) is 1.58. The predicted molar refractivity (Wildman–Crippen MR) is 193 cm³/mol. The maximum Gasteiger partial charge on any atom is 0.192 e. The number of allylic oxidation sites excluding steroid dienone is 4. The second kappa shape index (κ2) is 13.1. The van der Waals surface area contributed by atoms with Gasteiger partial charge in [0, 0.05) is 22.9 Å². The number of hydrogen-bond donors (Lipinski definition) is 0. The van der Waals surface area contributed by atoms with Gasteiger partial charge in [-0.05, 0) is 98.2 Å². The van der Waals surface area contributed by atoms with Crippen molar-refractivity contribution in [3.63, 3.8) is 0 Å². The Balaban J connectivity index is 1.34. The second-order valence-electron chi connectivity index (χ2n) is 15.9. The minimum atomic E-state index is -2.74. The molecule has 238 valence electrons.